The van der Waals surface area contributed by atoms with Gasteiger partial charge in [-0.15, -0.1) is 6.58 Å². The maximum absolute atomic E-state index is 13.4. The lowest BCUT2D eigenvalue weighted by Crippen LogP contribution is -2.47. The van der Waals surface area contributed by atoms with Crippen molar-refractivity contribution in [2.75, 3.05) is 20.2 Å². The zero-order valence-electron chi connectivity index (χ0n) is 17.3. The number of phenolic OH excluding ortho intramolecular Hbond substituents is 1. The number of methoxy groups -OCH3 is 1. The standard InChI is InChI=1S/C24H26N2O4/c1-4-7-16-10-15(11-19(30-3)21(16)27)12-26-13-20-24(2,14-26)22(28)17-8-5-6-9-18(17)23(29)25-20/h4-6,8-11,20,27H,1,7,12-14H2,2-3H3,(H,25,29)/t20-,24+/m1/s1. The average Bonchev–Trinajstić information content (AvgIpc) is 3.02. The summed E-state index contributed by atoms with van der Waals surface area (Å²) in [4.78, 5) is 28.3. The number of carbonyl (C=O) groups excluding carboxylic acids is 2. The summed E-state index contributed by atoms with van der Waals surface area (Å²) in [5, 5.41) is 13.4. The number of ketones is 1. The quantitative estimate of drug-likeness (QED) is 0.747. The number of hydrogen-bond donors (Lipinski definition) is 2. The number of allylic oxidation sites excluding steroid dienone is 1. The zero-order chi connectivity index (χ0) is 21.5. The van der Waals surface area contributed by atoms with E-state index in [-0.39, 0.29) is 23.5 Å². The summed E-state index contributed by atoms with van der Waals surface area (Å²) in [5.41, 5.74) is 1.95. The van der Waals surface area contributed by atoms with E-state index in [1.54, 1.807) is 30.3 Å². The molecule has 0 saturated carbocycles. The Morgan fingerprint density at radius 2 is 2.03 bits per heavy atom. The molecule has 2 heterocycles. The molecule has 0 aromatic heterocycles. The zero-order valence-corrected chi connectivity index (χ0v) is 17.3. The molecule has 156 valence electrons. The Morgan fingerprint density at radius 1 is 1.30 bits per heavy atom. The van der Waals surface area contributed by atoms with Gasteiger partial charge in [-0.25, -0.2) is 0 Å². The predicted octanol–water partition coefficient (Wildman–Crippen LogP) is 2.95. The minimum absolute atomic E-state index is 0.000386. The number of ether oxygens (including phenoxy) is 1. The molecule has 2 N–H and O–H groups in total. The monoisotopic (exact) mass is 406 g/mol. The highest BCUT2D eigenvalue weighted by molar-refractivity contribution is 6.12. The van der Waals surface area contributed by atoms with E-state index in [1.165, 1.54) is 7.11 Å². The van der Waals surface area contributed by atoms with Crippen molar-refractivity contribution in [1.29, 1.82) is 0 Å². The summed E-state index contributed by atoms with van der Waals surface area (Å²) in [7, 11) is 1.52. The van der Waals surface area contributed by atoms with E-state index in [0.717, 1.165) is 11.1 Å². The minimum Gasteiger partial charge on any atom is -0.504 e. The van der Waals surface area contributed by atoms with E-state index in [2.05, 4.69) is 16.8 Å². The van der Waals surface area contributed by atoms with Gasteiger partial charge in [-0.05, 0) is 31.0 Å². The Labute approximate surface area is 176 Å². The summed E-state index contributed by atoms with van der Waals surface area (Å²) in [6, 6.07) is 10.5. The molecule has 2 atom stereocenters. The molecule has 6 nitrogen and oxygen atoms in total. The number of aromatic hydroxyl groups is 1. The topological polar surface area (TPSA) is 78.9 Å². The van der Waals surface area contributed by atoms with E-state index >= 15 is 0 Å². The lowest BCUT2D eigenvalue weighted by molar-refractivity contribution is 0.0789. The first kappa shape index (κ1) is 20.2. The summed E-state index contributed by atoms with van der Waals surface area (Å²) < 4.78 is 5.32. The summed E-state index contributed by atoms with van der Waals surface area (Å²) in [5.74, 6) is 0.342. The number of phenols is 1. The van der Waals surface area contributed by atoms with E-state index in [0.29, 0.717) is 42.9 Å². The van der Waals surface area contributed by atoms with Gasteiger partial charge in [-0.3, -0.25) is 14.5 Å². The molecular weight excluding hydrogens is 380 g/mol. The number of benzene rings is 2. The fourth-order valence-corrected chi connectivity index (χ4v) is 4.62. The van der Waals surface area contributed by atoms with Crippen LogP contribution in [0.2, 0.25) is 0 Å². The summed E-state index contributed by atoms with van der Waals surface area (Å²) >= 11 is 0. The number of hydrogen-bond acceptors (Lipinski definition) is 5. The molecular formula is C24H26N2O4. The van der Waals surface area contributed by atoms with Crippen LogP contribution < -0.4 is 10.1 Å². The molecule has 0 bridgehead atoms. The van der Waals surface area contributed by atoms with Crippen LogP contribution in [0.4, 0.5) is 0 Å². The third kappa shape index (κ3) is 3.27. The van der Waals surface area contributed by atoms with Gasteiger partial charge in [0.1, 0.15) is 0 Å². The van der Waals surface area contributed by atoms with Crippen molar-refractivity contribution in [2.24, 2.45) is 5.41 Å². The second-order valence-corrected chi connectivity index (χ2v) is 8.29. The van der Waals surface area contributed by atoms with Crippen LogP contribution in [0.15, 0.2) is 49.1 Å². The van der Waals surface area contributed by atoms with Gasteiger partial charge in [0, 0.05) is 30.8 Å². The van der Waals surface area contributed by atoms with E-state index in [4.69, 9.17) is 4.74 Å². The smallest absolute Gasteiger partial charge is 0.252 e. The Morgan fingerprint density at radius 3 is 2.73 bits per heavy atom. The van der Waals surface area contributed by atoms with Gasteiger partial charge in [0.15, 0.2) is 17.3 Å². The first-order valence-electron chi connectivity index (χ1n) is 10.0. The molecule has 1 saturated heterocycles. The van der Waals surface area contributed by atoms with Crippen molar-refractivity contribution < 1.29 is 19.4 Å². The Bertz CT molecular complexity index is 1030. The van der Waals surface area contributed by atoms with Crippen LogP contribution in [0, 0.1) is 5.41 Å². The molecule has 0 spiro atoms. The number of likely N-dealkylation sites (tertiary alicyclic amines) is 1. The first-order valence-corrected chi connectivity index (χ1v) is 10.0. The molecule has 4 rings (SSSR count). The maximum atomic E-state index is 13.4. The largest absolute Gasteiger partial charge is 0.504 e. The molecule has 0 aliphatic carbocycles. The predicted molar refractivity (Wildman–Crippen MR) is 114 cm³/mol. The number of Topliss-reactive ketones (excluding diaryl/α,β-unsaturated/α-hetero) is 1. The second kappa shape index (κ2) is 7.61. The van der Waals surface area contributed by atoms with Gasteiger partial charge in [-0.1, -0.05) is 30.3 Å². The molecule has 6 heteroatoms. The highest BCUT2D eigenvalue weighted by atomic mass is 16.5. The number of nitrogens with one attached hydrogen (secondary N) is 1. The van der Waals surface area contributed by atoms with Crippen LogP contribution in [-0.2, 0) is 13.0 Å². The highest BCUT2D eigenvalue weighted by Crippen LogP contribution is 2.39. The van der Waals surface area contributed by atoms with Crippen LogP contribution >= 0.6 is 0 Å². The van der Waals surface area contributed by atoms with Crippen molar-refractivity contribution in [2.45, 2.75) is 25.9 Å². The van der Waals surface area contributed by atoms with Crippen molar-refractivity contribution in [3.63, 3.8) is 0 Å². The molecule has 2 aliphatic rings. The molecule has 2 aliphatic heterocycles. The van der Waals surface area contributed by atoms with E-state index < -0.39 is 5.41 Å². The minimum atomic E-state index is -0.701. The molecule has 1 fully saturated rings. The van der Waals surface area contributed by atoms with Crippen molar-refractivity contribution in [3.8, 4) is 11.5 Å². The fraction of sp³-hybridized carbons (Fsp3) is 0.333. The van der Waals surface area contributed by atoms with Gasteiger partial charge < -0.3 is 15.2 Å². The van der Waals surface area contributed by atoms with Gasteiger partial charge in [0.25, 0.3) is 5.91 Å². The molecule has 2 aromatic rings. The molecule has 0 unspecified atom stereocenters. The number of nitrogens with zero attached hydrogens (tertiary/aromatic N) is 1. The van der Waals surface area contributed by atoms with Gasteiger partial charge in [-0.2, -0.15) is 0 Å². The molecule has 30 heavy (non-hydrogen) atoms. The normalized spacial score (nSPS) is 23.3. The SMILES string of the molecule is C=CCc1cc(CN2C[C@H]3NC(=O)c4ccccc4C(=O)[C@@]3(C)C2)cc(OC)c1O. The lowest BCUT2D eigenvalue weighted by Gasteiger charge is -2.27. The first-order chi connectivity index (χ1) is 14.4. The maximum Gasteiger partial charge on any atom is 0.252 e. The highest BCUT2D eigenvalue weighted by Gasteiger charge is 2.51. The molecule has 1 amide bonds. The third-order valence-electron chi connectivity index (χ3n) is 6.21. The average molecular weight is 406 g/mol. The number of rotatable bonds is 5. The Hall–Kier alpha value is -3.12. The summed E-state index contributed by atoms with van der Waals surface area (Å²) in [6.45, 7) is 7.36. The van der Waals surface area contributed by atoms with Crippen molar-refractivity contribution in [3.05, 3.63) is 71.3 Å². The Kier molecular flexibility index (Phi) is 5.12. The summed E-state index contributed by atoms with van der Waals surface area (Å²) in [6.07, 6.45) is 2.26. The fourth-order valence-electron chi connectivity index (χ4n) is 4.62. The number of carbonyl (C=O) groups is 2. The number of amides is 1. The van der Waals surface area contributed by atoms with Crippen molar-refractivity contribution in [1.82, 2.24) is 10.2 Å². The van der Waals surface area contributed by atoms with Crippen LogP contribution in [0.3, 0.4) is 0 Å². The van der Waals surface area contributed by atoms with E-state index in [1.807, 2.05) is 19.1 Å². The molecule has 2 aromatic carbocycles. The number of fused-ring (bicyclic) bond motifs is 2. The van der Waals surface area contributed by atoms with Crippen LogP contribution in [0.25, 0.3) is 0 Å². The lowest BCUT2D eigenvalue weighted by atomic mass is 9.78. The third-order valence-corrected chi connectivity index (χ3v) is 6.21. The van der Waals surface area contributed by atoms with Gasteiger partial charge >= 0.3 is 0 Å². The second-order valence-electron chi connectivity index (χ2n) is 8.29. The van der Waals surface area contributed by atoms with Crippen molar-refractivity contribution >= 4 is 11.7 Å². The Balaban J connectivity index is 1.62. The van der Waals surface area contributed by atoms with Crippen LogP contribution in [0.1, 0.15) is 38.8 Å². The molecule has 0 radical (unpaired) electrons. The van der Waals surface area contributed by atoms with Gasteiger partial charge in [0.2, 0.25) is 0 Å². The van der Waals surface area contributed by atoms with Crippen LogP contribution in [0.5, 0.6) is 11.5 Å². The van der Waals surface area contributed by atoms with Gasteiger partial charge in [0.05, 0.1) is 24.1 Å². The van der Waals surface area contributed by atoms with E-state index in [9.17, 15) is 14.7 Å². The van der Waals surface area contributed by atoms with Crippen LogP contribution in [-0.4, -0.2) is 47.9 Å².